The predicted octanol–water partition coefficient (Wildman–Crippen LogP) is -2.31. The standard InChI is InChI=1S/C21H28N6O7S/c22-14(5-11-1-3-13(29)4-2-11)18(30)26-16(8-28)20(32)25-15(6-12-7-23-10-24-12)19(31)27-17(9-35)21(33)34/h1-4,7,10,14-17,28-29,35H,5-6,8-9,22H2,(H,23,24)(H,25,32)(H,26,30)(H,27,31)(H,33,34). The van der Waals surface area contributed by atoms with Crippen molar-refractivity contribution in [1.29, 1.82) is 0 Å². The number of carbonyl (C=O) groups is 4. The van der Waals surface area contributed by atoms with Gasteiger partial charge in [-0.3, -0.25) is 14.4 Å². The molecule has 0 fully saturated rings. The number of nitrogens with one attached hydrogen (secondary N) is 4. The van der Waals surface area contributed by atoms with Crippen molar-refractivity contribution in [3.05, 3.63) is 48.0 Å². The van der Waals surface area contributed by atoms with Crippen LogP contribution in [0.15, 0.2) is 36.8 Å². The van der Waals surface area contributed by atoms with Crippen LogP contribution in [-0.4, -0.2) is 85.5 Å². The number of aliphatic hydroxyl groups is 1. The predicted molar refractivity (Wildman–Crippen MR) is 126 cm³/mol. The Labute approximate surface area is 205 Å². The molecule has 9 N–H and O–H groups in total. The van der Waals surface area contributed by atoms with Gasteiger partial charge >= 0.3 is 5.97 Å². The Bertz CT molecular complexity index is 1000. The number of amides is 3. The van der Waals surface area contributed by atoms with Crippen LogP contribution in [0.2, 0.25) is 0 Å². The summed E-state index contributed by atoms with van der Waals surface area (Å²) in [5.74, 6) is -3.83. The number of carbonyl (C=O) groups excluding carboxylic acids is 3. The Morgan fingerprint density at radius 1 is 0.971 bits per heavy atom. The van der Waals surface area contributed by atoms with E-state index in [-0.39, 0.29) is 24.3 Å². The van der Waals surface area contributed by atoms with Gasteiger partial charge in [0, 0.05) is 24.1 Å². The first-order chi connectivity index (χ1) is 16.6. The maximum absolute atomic E-state index is 12.8. The van der Waals surface area contributed by atoms with Crippen molar-refractivity contribution in [1.82, 2.24) is 25.9 Å². The average molecular weight is 509 g/mol. The zero-order chi connectivity index (χ0) is 26.0. The molecular formula is C21H28N6O7S. The maximum Gasteiger partial charge on any atom is 0.327 e. The van der Waals surface area contributed by atoms with Crippen molar-refractivity contribution in [3.63, 3.8) is 0 Å². The minimum atomic E-state index is -1.43. The van der Waals surface area contributed by atoms with Gasteiger partial charge in [-0.05, 0) is 24.1 Å². The molecular weight excluding hydrogens is 480 g/mol. The molecule has 14 heteroatoms. The van der Waals surface area contributed by atoms with Crippen LogP contribution < -0.4 is 21.7 Å². The zero-order valence-electron chi connectivity index (χ0n) is 18.5. The molecule has 190 valence electrons. The van der Waals surface area contributed by atoms with E-state index in [9.17, 15) is 29.4 Å². The summed E-state index contributed by atoms with van der Waals surface area (Å²) < 4.78 is 0. The lowest BCUT2D eigenvalue weighted by molar-refractivity contribution is -0.141. The molecule has 35 heavy (non-hydrogen) atoms. The van der Waals surface area contributed by atoms with Crippen LogP contribution in [0.25, 0.3) is 0 Å². The Morgan fingerprint density at radius 2 is 1.57 bits per heavy atom. The van der Waals surface area contributed by atoms with E-state index in [1.54, 1.807) is 12.1 Å². The van der Waals surface area contributed by atoms with Crippen molar-refractivity contribution < 1.29 is 34.5 Å². The number of nitrogens with two attached hydrogens (primary N) is 1. The summed E-state index contributed by atoms with van der Waals surface area (Å²) in [6.45, 7) is -0.781. The molecule has 0 bridgehead atoms. The van der Waals surface area contributed by atoms with Gasteiger partial charge in [0.2, 0.25) is 17.7 Å². The summed E-state index contributed by atoms with van der Waals surface area (Å²) in [6, 6.07) is 1.04. The Balaban J connectivity index is 2.05. The molecule has 0 spiro atoms. The molecule has 1 aromatic heterocycles. The molecule has 13 nitrogen and oxygen atoms in total. The second-order valence-corrected chi connectivity index (χ2v) is 8.01. The number of carboxylic acids is 1. The summed E-state index contributed by atoms with van der Waals surface area (Å²) in [6.07, 6.45) is 2.83. The molecule has 0 saturated heterocycles. The van der Waals surface area contributed by atoms with Crippen LogP contribution in [0.3, 0.4) is 0 Å². The number of nitrogens with zero attached hydrogens (tertiary/aromatic N) is 1. The van der Waals surface area contributed by atoms with E-state index < -0.39 is 54.5 Å². The van der Waals surface area contributed by atoms with Crippen LogP contribution in [0.5, 0.6) is 5.75 Å². The van der Waals surface area contributed by atoms with Crippen LogP contribution in [0, 0.1) is 0 Å². The van der Waals surface area contributed by atoms with Crippen molar-refractivity contribution in [2.24, 2.45) is 5.73 Å². The topological polar surface area (TPSA) is 220 Å². The molecule has 2 rings (SSSR count). The molecule has 0 aliphatic heterocycles. The van der Waals surface area contributed by atoms with Crippen molar-refractivity contribution in [2.75, 3.05) is 12.4 Å². The van der Waals surface area contributed by atoms with Gasteiger partial charge in [0.1, 0.15) is 23.9 Å². The number of H-pyrrole nitrogens is 1. The molecule has 4 atom stereocenters. The van der Waals surface area contributed by atoms with E-state index in [0.29, 0.717) is 11.3 Å². The number of aromatic nitrogens is 2. The van der Waals surface area contributed by atoms with Crippen molar-refractivity contribution in [3.8, 4) is 5.75 Å². The third-order valence-electron chi connectivity index (χ3n) is 4.95. The smallest absolute Gasteiger partial charge is 0.327 e. The van der Waals surface area contributed by atoms with Crippen molar-refractivity contribution in [2.45, 2.75) is 37.0 Å². The normalized spacial score (nSPS) is 14.3. The number of aliphatic hydroxyl groups excluding tert-OH is 1. The van der Waals surface area contributed by atoms with Crippen molar-refractivity contribution >= 4 is 36.3 Å². The quantitative estimate of drug-likeness (QED) is 0.132. The number of phenols is 1. The molecule has 0 radical (unpaired) electrons. The summed E-state index contributed by atoms with van der Waals surface area (Å²) in [5, 5.41) is 35.2. The van der Waals surface area contributed by atoms with Gasteiger partial charge in [0.05, 0.1) is 19.0 Å². The fourth-order valence-corrected chi connectivity index (χ4v) is 3.25. The first-order valence-corrected chi connectivity index (χ1v) is 11.1. The van der Waals surface area contributed by atoms with Gasteiger partial charge < -0.3 is 42.0 Å². The fourth-order valence-electron chi connectivity index (χ4n) is 3.01. The summed E-state index contributed by atoms with van der Waals surface area (Å²) in [4.78, 5) is 55.8. The lowest BCUT2D eigenvalue weighted by Gasteiger charge is -2.24. The number of phenolic OH excluding ortho intramolecular Hbond substituents is 1. The van der Waals surface area contributed by atoms with Gasteiger partial charge in [-0.25, -0.2) is 9.78 Å². The highest BCUT2D eigenvalue weighted by Crippen LogP contribution is 2.11. The number of carboxylic acid groups (broad SMARTS) is 1. The van der Waals surface area contributed by atoms with Gasteiger partial charge in [0.25, 0.3) is 0 Å². The van der Waals surface area contributed by atoms with E-state index in [1.807, 2.05) is 0 Å². The number of aromatic hydroxyl groups is 1. The molecule has 0 aliphatic rings. The highest BCUT2D eigenvalue weighted by Gasteiger charge is 2.30. The molecule has 3 amide bonds. The number of benzene rings is 1. The molecule has 4 unspecified atom stereocenters. The minimum absolute atomic E-state index is 0.0570. The number of hydrogen-bond acceptors (Lipinski definition) is 9. The van der Waals surface area contributed by atoms with E-state index >= 15 is 0 Å². The third kappa shape index (κ3) is 8.59. The molecule has 1 heterocycles. The van der Waals surface area contributed by atoms with E-state index in [0.717, 1.165) is 0 Å². The monoisotopic (exact) mass is 508 g/mol. The first-order valence-electron chi connectivity index (χ1n) is 10.5. The Morgan fingerprint density at radius 3 is 2.11 bits per heavy atom. The molecule has 2 aromatic rings. The first kappa shape index (κ1) is 27.6. The molecule has 0 saturated carbocycles. The Hall–Kier alpha value is -3.62. The summed E-state index contributed by atoms with van der Waals surface area (Å²) >= 11 is 3.90. The molecule has 1 aromatic carbocycles. The second kappa shape index (κ2) is 13.3. The number of rotatable bonds is 13. The van der Waals surface area contributed by atoms with Gasteiger partial charge in [-0.15, -0.1) is 0 Å². The lowest BCUT2D eigenvalue weighted by Crippen LogP contribution is -2.58. The highest BCUT2D eigenvalue weighted by molar-refractivity contribution is 7.80. The summed E-state index contributed by atoms with van der Waals surface area (Å²) in [5.41, 5.74) is 7.05. The minimum Gasteiger partial charge on any atom is -0.508 e. The van der Waals surface area contributed by atoms with E-state index in [2.05, 4.69) is 38.5 Å². The van der Waals surface area contributed by atoms with Gasteiger partial charge in [-0.2, -0.15) is 12.6 Å². The largest absolute Gasteiger partial charge is 0.508 e. The maximum atomic E-state index is 12.8. The van der Waals surface area contributed by atoms with Crippen LogP contribution in [-0.2, 0) is 32.0 Å². The number of aromatic amines is 1. The SMILES string of the molecule is NC(Cc1ccc(O)cc1)C(=O)NC(CO)C(=O)NC(Cc1cnc[nH]1)C(=O)NC(CS)C(=O)O. The lowest BCUT2D eigenvalue weighted by atomic mass is 10.1. The highest BCUT2D eigenvalue weighted by atomic mass is 32.1. The second-order valence-electron chi connectivity index (χ2n) is 7.64. The van der Waals surface area contributed by atoms with Crippen LogP contribution in [0.4, 0.5) is 0 Å². The third-order valence-corrected chi connectivity index (χ3v) is 5.32. The average Bonchev–Trinajstić information content (AvgIpc) is 3.34. The van der Waals surface area contributed by atoms with Gasteiger partial charge in [0.15, 0.2) is 0 Å². The summed E-state index contributed by atoms with van der Waals surface area (Å²) in [7, 11) is 0. The van der Waals surface area contributed by atoms with Crippen LogP contribution >= 0.6 is 12.6 Å². The number of hydrogen-bond donors (Lipinski definition) is 9. The van der Waals surface area contributed by atoms with Crippen LogP contribution in [0.1, 0.15) is 11.3 Å². The number of imidazole rings is 1. The molecule has 0 aliphatic carbocycles. The number of thiol groups is 1. The van der Waals surface area contributed by atoms with Gasteiger partial charge in [-0.1, -0.05) is 12.1 Å². The van der Waals surface area contributed by atoms with E-state index in [1.165, 1.54) is 24.7 Å². The zero-order valence-corrected chi connectivity index (χ0v) is 19.4. The van der Waals surface area contributed by atoms with E-state index in [4.69, 9.17) is 10.8 Å². The Kier molecular flexibility index (Phi) is 10.5. The fraction of sp³-hybridized carbons (Fsp3) is 0.381. The number of aliphatic carboxylic acids is 1.